The van der Waals surface area contributed by atoms with Crippen LogP contribution in [0.5, 0.6) is 0 Å². The fraction of sp³-hybridized carbons (Fsp3) is 0.778. The summed E-state index contributed by atoms with van der Waals surface area (Å²) < 4.78 is 0. The molecule has 2 fully saturated rings. The van der Waals surface area contributed by atoms with Crippen molar-refractivity contribution in [3.8, 4) is 0 Å². The normalized spacial score (nSPS) is 26.6. The molecule has 14 heavy (non-hydrogen) atoms. The molecule has 2 heterocycles. The lowest BCUT2D eigenvalue weighted by atomic mass is 10.1. The fourth-order valence-corrected chi connectivity index (χ4v) is 2.34. The number of hydrogen-bond donors (Lipinski definition) is 0. The minimum atomic E-state index is -0.0225. The Morgan fingerprint density at radius 2 is 2.29 bits per heavy atom. The number of nitrogens with zero attached hydrogens (tertiary/aromatic N) is 2. The van der Waals surface area contributed by atoms with Crippen molar-refractivity contribution in [2.75, 3.05) is 25.5 Å². The monoisotopic (exact) mass is 216 g/mol. The third-order valence-electron chi connectivity index (χ3n) is 2.96. The third-order valence-corrected chi connectivity index (χ3v) is 3.19. The van der Waals surface area contributed by atoms with E-state index in [1.165, 1.54) is 0 Å². The maximum Gasteiger partial charge on any atom is 0.237 e. The highest BCUT2D eigenvalue weighted by molar-refractivity contribution is 6.27. The molecular formula is C9H13ClN2O2. The van der Waals surface area contributed by atoms with Crippen LogP contribution < -0.4 is 0 Å². The van der Waals surface area contributed by atoms with Crippen LogP contribution in [-0.2, 0) is 9.59 Å². The van der Waals surface area contributed by atoms with Crippen molar-refractivity contribution in [3.63, 3.8) is 0 Å². The van der Waals surface area contributed by atoms with E-state index in [-0.39, 0.29) is 23.7 Å². The van der Waals surface area contributed by atoms with Crippen LogP contribution in [0.4, 0.5) is 0 Å². The van der Waals surface area contributed by atoms with E-state index < -0.39 is 0 Å². The molecule has 0 spiro atoms. The summed E-state index contributed by atoms with van der Waals surface area (Å²) in [5.41, 5.74) is 0. The van der Waals surface area contributed by atoms with Crippen LogP contribution >= 0.6 is 11.6 Å². The van der Waals surface area contributed by atoms with Gasteiger partial charge in [0.25, 0.3) is 0 Å². The van der Waals surface area contributed by atoms with Gasteiger partial charge in [0.1, 0.15) is 5.88 Å². The summed E-state index contributed by atoms with van der Waals surface area (Å²) >= 11 is 5.49. The van der Waals surface area contributed by atoms with Gasteiger partial charge in [-0.2, -0.15) is 0 Å². The second-order valence-electron chi connectivity index (χ2n) is 3.75. The van der Waals surface area contributed by atoms with Gasteiger partial charge in [-0.3, -0.25) is 9.59 Å². The molecule has 0 aromatic rings. The summed E-state index contributed by atoms with van der Waals surface area (Å²) in [6.45, 7) is 1.97. The first kappa shape index (κ1) is 9.77. The molecule has 2 saturated heterocycles. The first-order valence-corrected chi connectivity index (χ1v) is 5.39. The van der Waals surface area contributed by atoms with E-state index in [0.717, 1.165) is 6.42 Å². The molecule has 5 heteroatoms. The van der Waals surface area contributed by atoms with Crippen molar-refractivity contribution in [2.45, 2.75) is 18.9 Å². The molecule has 0 N–H and O–H groups in total. The minimum absolute atomic E-state index is 0.0225. The molecule has 2 aliphatic heterocycles. The van der Waals surface area contributed by atoms with Crippen molar-refractivity contribution in [2.24, 2.45) is 0 Å². The largest absolute Gasteiger partial charge is 0.338 e. The average Bonchev–Trinajstić information content (AvgIpc) is 2.59. The summed E-state index contributed by atoms with van der Waals surface area (Å²) in [7, 11) is 0. The Bertz CT molecular complexity index is 270. The molecule has 78 valence electrons. The van der Waals surface area contributed by atoms with Crippen molar-refractivity contribution >= 4 is 23.4 Å². The molecule has 0 radical (unpaired) electrons. The number of amides is 2. The zero-order chi connectivity index (χ0) is 10.1. The molecule has 0 bridgehead atoms. The predicted octanol–water partition coefficient (Wildman–Crippen LogP) is 0.0584. The Balaban J connectivity index is 1.99. The number of rotatable bonds is 1. The van der Waals surface area contributed by atoms with Gasteiger partial charge in [0.2, 0.25) is 11.8 Å². The topological polar surface area (TPSA) is 40.6 Å². The van der Waals surface area contributed by atoms with Crippen LogP contribution in [0, 0.1) is 0 Å². The highest BCUT2D eigenvalue weighted by Gasteiger charge is 2.36. The number of alkyl halides is 1. The molecule has 0 saturated carbocycles. The van der Waals surface area contributed by atoms with Gasteiger partial charge in [0.05, 0.1) is 0 Å². The zero-order valence-corrected chi connectivity index (χ0v) is 8.66. The fourth-order valence-electron chi connectivity index (χ4n) is 2.18. The summed E-state index contributed by atoms with van der Waals surface area (Å²) in [5.74, 6) is 0.249. The molecule has 2 rings (SSSR count). The van der Waals surface area contributed by atoms with Crippen LogP contribution in [0.25, 0.3) is 0 Å². The number of piperazine rings is 1. The lowest BCUT2D eigenvalue weighted by molar-refractivity contribution is -0.137. The molecule has 1 atom stereocenters. The van der Waals surface area contributed by atoms with E-state index in [0.29, 0.717) is 26.1 Å². The van der Waals surface area contributed by atoms with Crippen LogP contribution in [0.2, 0.25) is 0 Å². The molecular weight excluding hydrogens is 204 g/mol. The molecule has 0 aromatic heterocycles. The van der Waals surface area contributed by atoms with E-state index >= 15 is 0 Å². The third kappa shape index (κ3) is 1.59. The van der Waals surface area contributed by atoms with E-state index in [2.05, 4.69) is 0 Å². The van der Waals surface area contributed by atoms with Gasteiger partial charge in [-0.05, 0) is 6.42 Å². The number of carbonyl (C=O) groups excluding carboxylic acids is 2. The number of carbonyl (C=O) groups is 2. The van der Waals surface area contributed by atoms with Crippen molar-refractivity contribution in [1.82, 2.24) is 9.80 Å². The van der Waals surface area contributed by atoms with Crippen LogP contribution in [-0.4, -0.2) is 53.2 Å². The van der Waals surface area contributed by atoms with Crippen molar-refractivity contribution in [3.05, 3.63) is 0 Å². The summed E-state index contributed by atoms with van der Waals surface area (Å²) in [6.07, 6.45) is 1.51. The molecule has 2 aliphatic rings. The van der Waals surface area contributed by atoms with Crippen LogP contribution in [0.3, 0.4) is 0 Å². The highest BCUT2D eigenvalue weighted by atomic mass is 35.5. The van der Waals surface area contributed by atoms with E-state index in [1.54, 1.807) is 4.90 Å². The Morgan fingerprint density at radius 3 is 3.00 bits per heavy atom. The maximum atomic E-state index is 11.4. The number of hydrogen-bond acceptors (Lipinski definition) is 2. The maximum absolute atomic E-state index is 11.4. The van der Waals surface area contributed by atoms with Gasteiger partial charge in [-0.1, -0.05) is 0 Å². The molecule has 0 aliphatic carbocycles. The summed E-state index contributed by atoms with van der Waals surface area (Å²) in [6, 6.07) is 0.239. The smallest absolute Gasteiger partial charge is 0.237 e. The summed E-state index contributed by atoms with van der Waals surface area (Å²) in [5, 5.41) is 0. The van der Waals surface area contributed by atoms with E-state index in [1.807, 2.05) is 4.90 Å². The highest BCUT2D eigenvalue weighted by Crippen LogP contribution is 2.22. The molecule has 1 unspecified atom stereocenters. The Hall–Kier alpha value is -0.770. The van der Waals surface area contributed by atoms with Crippen LogP contribution in [0.15, 0.2) is 0 Å². The second-order valence-corrected chi connectivity index (χ2v) is 4.02. The second kappa shape index (κ2) is 3.77. The lowest BCUT2D eigenvalue weighted by Gasteiger charge is -2.37. The van der Waals surface area contributed by atoms with Gasteiger partial charge in [0, 0.05) is 32.1 Å². The van der Waals surface area contributed by atoms with Gasteiger partial charge >= 0.3 is 0 Å². The first-order chi connectivity index (χ1) is 6.72. The van der Waals surface area contributed by atoms with E-state index in [9.17, 15) is 9.59 Å². The van der Waals surface area contributed by atoms with Crippen molar-refractivity contribution < 1.29 is 9.59 Å². The Kier molecular flexibility index (Phi) is 2.63. The van der Waals surface area contributed by atoms with Crippen LogP contribution in [0.1, 0.15) is 12.8 Å². The average molecular weight is 217 g/mol. The van der Waals surface area contributed by atoms with Gasteiger partial charge in [-0.25, -0.2) is 0 Å². The van der Waals surface area contributed by atoms with Gasteiger partial charge < -0.3 is 9.80 Å². The van der Waals surface area contributed by atoms with Gasteiger partial charge in [-0.15, -0.1) is 11.6 Å². The minimum Gasteiger partial charge on any atom is -0.338 e. The SMILES string of the molecule is O=C(CCl)N1CCN2C(=O)CCC2C1. The molecule has 0 aromatic carbocycles. The number of halogens is 1. The Labute approximate surface area is 87.8 Å². The lowest BCUT2D eigenvalue weighted by Crippen LogP contribution is -2.53. The predicted molar refractivity (Wildman–Crippen MR) is 52.0 cm³/mol. The zero-order valence-electron chi connectivity index (χ0n) is 7.91. The Morgan fingerprint density at radius 1 is 1.50 bits per heavy atom. The first-order valence-electron chi connectivity index (χ1n) is 4.85. The number of fused-ring (bicyclic) bond motifs is 1. The molecule has 2 amide bonds. The van der Waals surface area contributed by atoms with Crippen molar-refractivity contribution in [1.29, 1.82) is 0 Å². The van der Waals surface area contributed by atoms with E-state index in [4.69, 9.17) is 11.6 Å². The van der Waals surface area contributed by atoms with Gasteiger partial charge in [0.15, 0.2) is 0 Å². The standard InChI is InChI=1S/C9H13ClN2O2/c10-5-9(14)11-3-4-12-7(6-11)1-2-8(12)13/h7H,1-6H2. The molecule has 4 nitrogen and oxygen atoms in total. The quantitative estimate of drug-likeness (QED) is 0.582. The summed E-state index contributed by atoms with van der Waals surface area (Å²) in [4.78, 5) is 26.3.